The molecule has 0 radical (unpaired) electrons. The van der Waals surface area contributed by atoms with Crippen molar-refractivity contribution in [3.8, 4) is 11.6 Å². The molecule has 0 spiro atoms. The highest BCUT2D eigenvalue weighted by Crippen LogP contribution is 2.26. The highest BCUT2D eigenvalue weighted by atomic mass is 35.5. The van der Waals surface area contributed by atoms with Gasteiger partial charge in [-0.15, -0.1) is 0 Å². The van der Waals surface area contributed by atoms with Crippen molar-refractivity contribution in [2.24, 2.45) is 0 Å². The number of rotatable bonds is 3. The topological polar surface area (TPSA) is 42.4 Å². The lowest BCUT2D eigenvalue weighted by atomic mass is 10.4. The van der Waals surface area contributed by atoms with Gasteiger partial charge in [-0.2, -0.15) is 13.2 Å². The summed E-state index contributed by atoms with van der Waals surface area (Å²) in [6.45, 7) is -0.555. The number of ether oxygens (including phenoxy) is 1. The molecule has 0 bridgehead atoms. The standard InChI is InChI=1S/C8H7ClF3NO2/c9-6-3-5(14)4-13-7(6)15-2-1-8(10,11)12/h3-4,14H,1-2H2. The molecule has 0 unspecified atom stereocenters. The fraction of sp³-hybridized carbons (Fsp3) is 0.375. The van der Waals surface area contributed by atoms with Crippen LogP contribution in [0.2, 0.25) is 5.02 Å². The molecule has 0 aromatic carbocycles. The van der Waals surface area contributed by atoms with Crippen LogP contribution in [0.15, 0.2) is 12.3 Å². The Labute approximate surface area is 88.5 Å². The van der Waals surface area contributed by atoms with Crippen molar-refractivity contribution in [3.05, 3.63) is 17.3 Å². The molecule has 7 heteroatoms. The van der Waals surface area contributed by atoms with E-state index in [1.165, 1.54) is 0 Å². The molecular formula is C8H7ClF3NO2. The lowest BCUT2D eigenvalue weighted by molar-refractivity contribution is -0.139. The molecule has 1 aromatic heterocycles. The third-order valence-electron chi connectivity index (χ3n) is 1.42. The van der Waals surface area contributed by atoms with Gasteiger partial charge in [0, 0.05) is 6.07 Å². The van der Waals surface area contributed by atoms with E-state index in [0.29, 0.717) is 0 Å². The van der Waals surface area contributed by atoms with Gasteiger partial charge in [0.2, 0.25) is 5.88 Å². The first-order valence-corrected chi connectivity index (χ1v) is 4.30. The molecule has 0 aliphatic rings. The number of hydrogen-bond donors (Lipinski definition) is 1. The van der Waals surface area contributed by atoms with Crippen molar-refractivity contribution in [3.63, 3.8) is 0 Å². The van der Waals surface area contributed by atoms with Crippen LogP contribution < -0.4 is 4.74 Å². The summed E-state index contributed by atoms with van der Waals surface area (Å²) in [5.41, 5.74) is 0. The number of pyridine rings is 1. The Morgan fingerprint density at radius 1 is 1.47 bits per heavy atom. The normalized spacial score (nSPS) is 11.5. The summed E-state index contributed by atoms with van der Waals surface area (Å²) >= 11 is 5.55. The molecule has 0 saturated heterocycles. The quantitative estimate of drug-likeness (QED) is 0.885. The first-order chi connectivity index (χ1) is 6.88. The molecule has 1 N–H and O–H groups in total. The second-order valence-corrected chi connectivity index (χ2v) is 3.10. The van der Waals surface area contributed by atoms with Crippen molar-refractivity contribution < 1.29 is 23.0 Å². The summed E-state index contributed by atoms with van der Waals surface area (Å²) in [5.74, 6) is -0.304. The molecule has 1 aromatic rings. The smallest absolute Gasteiger partial charge is 0.392 e. The predicted molar refractivity (Wildman–Crippen MR) is 47.1 cm³/mol. The van der Waals surface area contributed by atoms with Crippen molar-refractivity contribution in [1.29, 1.82) is 0 Å². The van der Waals surface area contributed by atoms with Crippen molar-refractivity contribution in [2.45, 2.75) is 12.6 Å². The molecule has 0 aliphatic carbocycles. The Kier molecular flexibility index (Phi) is 3.62. The van der Waals surface area contributed by atoms with E-state index in [9.17, 15) is 13.2 Å². The van der Waals surface area contributed by atoms with Gasteiger partial charge in [-0.25, -0.2) is 4.98 Å². The number of alkyl halides is 3. The van der Waals surface area contributed by atoms with Gasteiger partial charge >= 0.3 is 6.18 Å². The van der Waals surface area contributed by atoms with Crippen LogP contribution in [0.5, 0.6) is 11.6 Å². The van der Waals surface area contributed by atoms with Crippen molar-refractivity contribution in [2.75, 3.05) is 6.61 Å². The fourth-order valence-electron chi connectivity index (χ4n) is 0.785. The molecule has 0 atom stereocenters. The molecule has 0 fully saturated rings. The van der Waals surface area contributed by atoms with Gasteiger partial charge in [0.25, 0.3) is 0 Å². The number of aromatic hydroxyl groups is 1. The maximum atomic E-state index is 11.7. The molecule has 1 heterocycles. The summed E-state index contributed by atoms with van der Waals surface area (Å²) in [6, 6.07) is 1.14. The summed E-state index contributed by atoms with van der Waals surface area (Å²) in [4.78, 5) is 3.53. The zero-order valence-corrected chi connectivity index (χ0v) is 8.14. The zero-order chi connectivity index (χ0) is 11.5. The minimum absolute atomic E-state index is 0.0304. The number of hydrogen-bond acceptors (Lipinski definition) is 3. The van der Waals surface area contributed by atoms with Crippen LogP contribution in [0.1, 0.15) is 6.42 Å². The zero-order valence-electron chi connectivity index (χ0n) is 7.38. The van der Waals surface area contributed by atoms with E-state index in [2.05, 4.69) is 4.98 Å². The number of aromatic nitrogens is 1. The Morgan fingerprint density at radius 3 is 2.67 bits per heavy atom. The van der Waals surface area contributed by atoms with Crippen LogP contribution in [-0.2, 0) is 0 Å². The first-order valence-electron chi connectivity index (χ1n) is 3.92. The van der Waals surface area contributed by atoms with Gasteiger partial charge < -0.3 is 9.84 Å². The van der Waals surface area contributed by atoms with E-state index in [0.717, 1.165) is 12.3 Å². The monoisotopic (exact) mass is 241 g/mol. The summed E-state index contributed by atoms with van der Waals surface area (Å²) in [7, 11) is 0. The van der Waals surface area contributed by atoms with E-state index in [4.69, 9.17) is 21.4 Å². The molecule has 3 nitrogen and oxygen atoms in total. The van der Waals surface area contributed by atoms with E-state index in [1.54, 1.807) is 0 Å². The van der Waals surface area contributed by atoms with Crippen LogP contribution in [0.25, 0.3) is 0 Å². The van der Waals surface area contributed by atoms with Crippen LogP contribution >= 0.6 is 11.6 Å². The fourth-order valence-corrected chi connectivity index (χ4v) is 1.00. The van der Waals surface area contributed by atoms with Crippen LogP contribution in [0.4, 0.5) is 13.2 Å². The summed E-state index contributed by atoms with van der Waals surface area (Å²) in [5, 5.41) is 8.88. The molecular weight excluding hydrogens is 235 g/mol. The van der Waals surface area contributed by atoms with Crippen LogP contribution in [0, 0.1) is 0 Å². The van der Waals surface area contributed by atoms with E-state index in [-0.39, 0.29) is 16.7 Å². The highest BCUT2D eigenvalue weighted by molar-refractivity contribution is 6.31. The molecule has 1 rings (SSSR count). The van der Waals surface area contributed by atoms with E-state index >= 15 is 0 Å². The van der Waals surface area contributed by atoms with Crippen LogP contribution in [0.3, 0.4) is 0 Å². The Hall–Kier alpha value is -1.17. The van der Waals surface area contributed by atoms with Gasteiger partial charge in [0.05, 0.1) is 19.2 Å². The molecule has 15 heavy (non-hydrogen) atoms. The molecule has 84 valence electrons. The Bertz CT molecular complexity index is 343. The lowest BCUT2D eigenvalue weighted by Crippen LogP contribution is -2.13. The van der Waals surface area contributed by atoms with E-state index in [1.807, 2.05) is 0 Å². The van der Waals surface area contributed by atoms with E-state index < -0.39 is 19.2 Å². The van der Waals surface area contributed by atoms with Gasteiger partial charge in [0.1, 0.15) is 10.8 Å². The van der Waals surface area contributed by atoms with Gasteiger partial charge in [-0.1, -0.05) is 11.6 Å². The largest absolute Gasteiger partial charge is 0.506 e. The Morgan fingerprint density at radius 2 is 2.13 bits per heavy atom. The van der Waals surface area contributed by atoms with Crippen LogP contribution in [-0.4, -0.2) is 22.9 Å². The van der Waals surface area contributed by atoms with Gasteiger partial charge in [-0.05, 0) is 0 Å². The Balaban J connectivity index is 2.51. The highest BCUT2D eigenvalue weighted by Gasteiger charge is 2.27. The summed E-state index contributed by atoms with van der Waals surface area (Å²) < 4.78 is 39.9. The second-order valence-electron chi connectivity index (χ2n) is 2.69. The average molecular weight is 242 g/mol. The minimum Gasteiger partial charge on any atom is -0.506 e. The first kappa shape index (κ1) is 11.9. The maximum Gasteiger partial charge on any atom is 0.392 e. The van der Waals surface area contributed by atoms with Crippen molar-refractivity contribution in [1.82, 2.24) is 4.98 Å². The predicted octanol–water partition coefficient (Wildman–Crippen LogP) is 2.77. The van der Waals surface area contributed by atoms with Gasteiger partial charge in [-0.3, -0.25) is 0 Å². The molecule has 0 saturated carbocycles. The maximum absolute atomic E-state index is 11.7. The lowest BCUT2D eigenvalue weighted by Gasteiger charge is -2.08. The average Bonchev–Trinajstić information content (AvgIpc) is 2.07. The third kappa shape index (κ3) is 4.24. The second kappa shape index (κ2) is 4.57. The third-order valence-corrected chi connectivity index (χ3v) is 1.69. The molecule has 0 amide bonds. The SMILES string of the molecule is Oc1cnc(OCCC(F)(F)F)c(Cl)c1. The minimum atomic E-state index is -4.27. The number of halogens is 4. The molecule has 0 aliphatic heterocycles. The summed E-state index contributed by atoms with van der Waals surface area (Å²) in [6.07, 6.45) is -4.32. The van der Waals surface area contributed by atoms with Crippen molar-refractivity contribution >= 4 is 11.6 Å². The number of nitrogens with zero attached hydrogens (tertiary/aromatic N) is 1. The van der Waals surface area contributed by atoms with Gasteiger partial charge in [0.15, 0.2) is 0 Å².